The van der Waals surface area contributed by atoms with Gasteiger partial charge in [-0.2, -0.15) is 0 Å². The fourth-order valence-electron chi connectivity index (χ4n) is 3.33. The molecule has 0 aliphatic rings. The van der Waals surface area contributed by atoms with E-state index in [0.717, 1.165) is 28.5 Å². The van der Waals surface area contributed by atoms with Gasteiger partial charge in [0.15, 0.2) is 0 Å². The normalized spacial score (nSPS) is 10.9. The first-order valence-corrected chi connectivity index (χ1v) is 8.97. The summed E-state index contributed by atoms with van der Waals surface area (Å²) in [5.41, 5.74) is 3.28. The number of hydrogen-bond donors (Lipinski definition) is 1. The van der Waals surface area contributed by atoms with Gasteiger partial charge in [0.25, 0.3) is 5.56 Å². The number of rotatable bonds is 4. The third-order valence-corrected chi connectivity index (χ3v) is 4.62. The van der Waals surface area contributed by atoms with Gasteiger partial charge in [-0.3, -0.25) is 9.36 Å². The predicted molar refractivity (Wildman–Crippen MR) is 109 cm³/mol. The number of nitrogens with zero attached hydrogens (tertiary/aromatic N) is 3. The summed E-state index contributed by atoms with van der Waals surface area (Å²) < 4.78 is 1.71. The number of hydrogen-bond acceptors (Lipinski definition) is 4. The maximum absolute atomic E-state index is 13.5. The molecule has 0 saturated carbocycles. The van der Waals surface area contributed by atoms with Crippen molar-refractivity contribution in [2.75, 3.05) is 12.4 Å². The number of para-hydroxylation sites is 1. The number of pyridine rings is 1. The Hall–Kier alpha value is -3.47. The van der Waals surface area contributed by atoms with E-state index in [1.54, 1.807) is 10.8 Å². The Labute approximate surface area is 157 Å². The lowest BCUT2D eigenvalue weighted by Gasteiger charge is -2.14. The van der Waals surface area contributed by atoms with Crippen LogP contribution in [-0.2, 0) is 6.42 Å². The minimum Gasteiger partial charge on any atom is -0.373 e. The van der Waals surface area contributed by atoms with Gasteiger partial charge in [-0.1, -0.05) is 37.3 Å². The molecule has 0 bridgehead atoms. The molecule has 27 heavy (non-hydrogen) atoms. The summed E-state index contributed by atoms with van der Waals surface area (Å²) in [5.74, 6) is 1.51. The van der Waals surface area contributed by atoms with E-state index in [4.69, 9.17) is 4.98 Å². The Kier molecular flexibility index (Phi) is 4.42. The van der Waals surface area contributed by atoms with E-state index in [9.17, 15) is 4.79 Å². The molecule has 0 amide bonds. The third kappa shape index (κ3) is 2.97. The molecule has 2 aromatic heterocycles. The van der Waals surface area contributed by atoms with Gasteiger partial charge < -0.3 is 5.32 Å². The van der Waals surface area contributed by atoms with Crippen molar-refractivity contribution in [1.29, 1.82) is 0 Å². The maximum Gasteiger partial charge on any atom is 0.266 e. The highest BCUT2D eigenvalue weighted by molar-refractivity contribution is 5.94. The fraction of sp³-hybridized carbons (Fsp3) is 0.136. The van der Waals surface area contributed by atoms with Gasteiger partial charge in [0.2, 0.25) is 0 Å². The van der Waals surface area contributed by atoms with Crippen molar-refractivity contribution in [3.05, 3.63) is 83.0 Å². The van der Waals surface area contributed by atoms with Crippen LogP contribution in [0.1, 0.15) is 12.7 Å². The van der Waals surface area contributed by atoms with E-state index < -0.39 is 0 Å². The fourth-order valence-corrected chi connectivity index (χ4v) is 3.33. The average Bonchev–Trinajstić information content (AvgIpc) is 2.73. The standard InChI is InChI=1S/C22H20N4O/c1-3-20-25-18-11-7-10-17(15-12-13-24-19(14-15)23-2)21(18)22(27)26(20)16-8-5-4-6-9-16/h4-14H,3H2,1-2H3,(H,23,24). The zero-order valence-corrected chi connectivity index (χ0v) is 15.3. The Morgan fingerprint density at radius 3 is 2.59 bits per heavy atom. The summed E-state index contributed by atoms with van der Waals surface area (Å²) in [6, 6.07) is 19.3. The van der Waals surface area contributed by atoms with Crippen LogP contribution in [0.5, 0.6) is 0 Å². The number of benzene rings is 2. The highest BCUT2D eigenvalue weighted by Gasteiger charge is 2.15. The molecule has 134 valence electrons. The zero-order valence-electron chi connectivity index (χ0n) is 15.3. The summed E-state index contributed by atoms with van der Waals surface area (Å²) in [5, 5.41) is 3.66. The van der Waals surface area contributed by atoms with Crippen LogP contribution in [0.15, 0.2) is 71.7 Å². The first-order chi connectivity index (χ1) is 13.2. The largest absolute Gasteiger partial charge is 0.373 e. The van der Waals surface area contributed by atoms with Gasteiger partial charge in [-0.15, -0.1) is 0 Å². The van der Waals surface area contributed by atoms with Crippen molar-refractivity contribution in [3.63, 3.8) is 0 Å². The number of fused-ring (bicyclic) bond motifs is 1. The van der Waals surface area contributed by atoms with Gasteiger partial charge in [0, 0.05) is 19.7 Å². The molecule has 4 rings (SSSR count). The van der Waals surface area contributed by atoms with Gasteiger partial charge in [0.05, 0.1) is 16.6 Å². The Balaban J connectivity index is 2.07. The van der Waals surface area contributed by atoms with Crippen LogP contribution in [0.3, 0.4) is 0 Å². The molecule has 0 unspecified atom stereocenters. The van der Waals surface area contributed by atoms with E-state index >= 15 is 0 Å². The van der Waals surface area contributed by atoms with E-state index in [1.807, 2.05) is 74.6 Å². The van der Waals surface area contributed by atoms with Crippen molar-refractivity contribution >= 4 is 16.7 Å². The van der Waals surface area contributed by atoms with Crippen LogP contribution in [0.2, 0.25) is 0 Å². The van der Waals surface area contributed by atoms with E-state index in [1.165, 1.54) is 0 Å². The molecule has 2 aromatic carbocycles. The van der Waals surface area contributed by atoms with E-state index in [0.29, 0.717) is 17.3 Å². The lowest BCUT2D eigenvalue weighted by atomic mass is 10.0. The molecule has 0 aliphatic heterocycles. The molecule has 5 heteroatoms. The first kappa shape index (κ1) is 17.0. The molecule has 2 heterocycles. The van der Waals surface area contributed by atoms with Crippen LogP contribution in [0.4, 0.5) is 5.82 Å². The molecule has 4 aromatic rings. The van der Waals surface area contributed by atoms with Crippen LogP contribution < -0.4 is 10.9 Å². The monoisotopic (exact) mass is 356 g/mol. The van der Waals surface area contributed by atoms with Gasteiger partial charge in [-0.25, -0.2) is 9.97 Å². The smallest absolute Gasteiger partial charge is 0.266 e. The number of anilines is 1. The molecular weight excluding hydrogens is 336 g/mol. The molecule has 0 atom stereocenters. The quantitative estimate of drug-likeness (QED) is 0.599. The van der Waals surface area contributed by atoms with Crippen molar-refractivity contribution in [1.82, 2.24) is 14.5 Å². The molecule has 0 fully saturated rings. The van der Waals surface area contributed by atoms with E-state index in [2.05, 4.69) is 10.3 Å². The Morgan fingerprint density at radius 2 is 1.85 bits per heavy atom. The number of nitrogens with one attached hydrogen (secondary N) is 1. The van der Waals surface area contributed by atoms with Crippen LogP contribution >= 0.6 is 0 Å². The van der Waals surface area contributed by atoms with E-state index in [-0.39, 0.29) is 5.56 Å². The Morgan fingerprint density at radius 1 is 1.04 bits per heavy atom. The minimum absolute atomic E-state index is 0.0542. The molecule has 0 saturated heterocycles. The van der Waals surface area contributed by atoms with Crippen molar-refractivity contribution < 1.29 is 0 Å². The summed E-state index contributed by atoms with van der Waals surface area (Å²) >= 11 is 0. The second-order valence-corrected chi connectivity index (χ2v) is 6.24. The second-order valence-electron chi connectivity index (χ2n) is 6.24. The SMILES string of the molecule is CCc1nc2cccc(-c3ccnc(NC)c3)c2c(=O)n1-c1ccccc1. The minimum atomic E-state index is -0.0542. The van der Waals surface area contributed by atoms with Crippen LogP contribution in [0.25, 0.3) is 27.7 Å². The van der Waals surface area contributed by atoms with Crippen molar-refractivity contribution in [2.45, 2.75) is 13.3 Å². The Bertz CT molecular complexity index is 1170. The lowest BCUT2D eigenvalue weighted by Crippen LogP contribution is -2.24. The molecule has 1 N–H and O–H groups in total. The summed E-state index contributed by atoms with van der Waals surface area (Å²) in [6.45, 7) is 2.01. The topological polar surface area (TPSA) is 59.8 Å². The molecule has 0 spiro atoms. The molecule has 0 radical (unpaired) electrons. The van der Waals surface area contributed by atoms with Gasteiger partial charge >= 0.3 is 0 Å². The van der Waals surface area contributed by atoms with Gasteiger partial charge in [0.1, 0.15) is 11.6 Å². The molecule has 0 aliphatic carbocycles. The highest BCUT2D eigenvalue weighted by atomic mass is 16.1. The van der Waals surface area contributed by atoms with Crippen molar-refractivity contribution in [3.8, 4) is 16.8 Å². The third-order valence-electron chi connectivity index (χ3n) is 4.62. The predicted octanol–water partition coefficient (Wildman–Crippen LogP) is 4.05. The zero-order chi connectivity index (χ0) is 18.8. The second kappa shape index (κ2) is 7.03. The number of aryl methyl sites for hydroxylation is 1. The summed E-state index contributed by atoms with van der Waals surface area (Å²) in [6.07, 6.45) is 2.41. The lowest BCUT2D eigenvalue weighted by molar-refractivity contribution is 0.833. The molecule has 5 nitrogen and oxygen atoms in total. The number of aromatic nitrogens is 3. The molecular formula is C22H20N4O. The van der Waals surface area contributed by atoms with Crippen molar-refractivity contribution in [2.24, 2.45) is 0 Å². The van der Waals surface area contributed by atoms with Crippen LogP contribution in [-0.4, -0.2) is 21.6 Å². The maximum atomic E-state index is 13.5. The summed E-state index contributed by atoms with van der Waals surface area (Å²) in [7, 11) is 1.83. The average molecular weight is 356 g/mol. The van der Waals surface area contributed by atoms with Gasteiger partial charge in [-0.05, 0) is 41.5 Å². The highest BCUT2D eigenvalue weighted by Crippen LogP contribution is 2.27. The summed E-state index contributed by atoms with van der Waals surface area (Å²) in [4.78, 5) is 22.6. The first-order valence-electron chi connectivity index (χ1n) is 8.97. The van der Waals surface area contributed by atoms with Crippen LogP contribution in [0, 0.1) is 0 Å².